The van der Waals surface area contributed by atoms with Gasteiger partial charge in [0, 0.05) is 12.1 Å². The van der Waals surface area contributed by atoms with Crippen molar-refractivity contribution in [3.8, 4) is 11.1 Å². The van der Waals surface area contributed by atoms with Crippen LogP contribution in [0, 0.1) is 5.82 Å². The normalized spacial score (nSPS) is 11.8. The number of amides is 1. The van der Waals surface area contributed by atoms with E-state index in [2.05, 4.69) is 5.32 Å². The molecule has 1 N–H and O–H groups in total. The van der Waals surface area contributed by atoms with Gasteiger partial charge in [0.25, 0.3) is 0 Å². The fourth-order valence-corrected chi connectivity index (χ4v) is 3.08. The molecule has 3 heteroatoms. The van der Waals surface area contributed by atoms with Crippen LogP contribution in [0.5, 0.6) is 0 Å². The summed E-state index contributed by atoms with van der Waals surface area (Å²) < 4.78 is 14.6. The molecule has 0 spiro atoms. The Balaban J connectivity index is 1.75. The monoisotopic (exact) mass is 347 g/mol. The maximum absolute atomic E-state index is 14.6. The average molecular weight is 347 g/mol. The van der Waals surface area contributed by atoms with Crippen molar-refractivity contribution in [1.29, 1.82) is 0 Å². The van der Waals surface area contributed by atoms with Crippen LogP contribution in [0.3, 0.4) is 0 Å². The molecule has 0 aromatic heterocycles. The zero-order valence-corrected chi connectivity index (χ0v) is 14.8. The first kappa shape index (κ1) is 17.9. The molecule has 1 unspecified atom stereocenters. The van der Waals surface area contributed by atoms with Crippen molar-refractivity contribution in [3.63, 3.8) is 0 Å². The van der Waals surface area contributed by atoms with Crippen molar-refractivity contribution in [2.75, 3.05) is 0 Å². The van der Waals surface area contributed by atoms with E-state index in [0.29, 0.717) is 24.1 Å². The Labute approximate surface area is 153 Å². The molecule has 0 radical (unpaired) electrons. The van der Waals surface area contributed by atoms with Crippen molar-refractivity contribution >= 4 is 5.91 Å². The molecule has 0 heterocycles. The van der Waals surface area contributed by atoms with E-state index in [1.165, 1.54) is 6.07 Å². The molecule has 1 atom stereocenters. The predicted octanol–water partition coefficient (Wildman–Crippen LogP) is 5.30. The van der Waals surface area contributed by atoms with Crippen molar-refractivity contribution < 1.29 is 9.18 Å². The predicted molar refractivity (Wildman–Crippen MR) is 103 cm³/mol. The van der Waals surface area contributed by atoms with Crippen LogP contribution in [-0.4, -0.2) is 5.91 Å². The summed E-state index contributed by atoms with van der Waals surface area (Å²) in [6, 6.07) is 24.3. The van der Waals surface area contributed by atoms with Gasteiger partial charge in [0.05, 0.1) is 5.92 Å². The Morgan fingerprint density at radius 3 is 2.23 bits per heavy atom. The number of carbonyl (C=O) groups excluding carboxylic acids is 1. The van der Waals surface area contributed by atoms with E-state index in [1.807, 2.05) is 73.7 Å². The molecule has 0 fully saturated rings. The first-order valence-electron chi connectivity index (χ1n) is 8.85. The highest BCUT2D eigenvalue weighted by Gasteiger charge is 2.20. The van der Waals surface area contributed by atoms with Crippen LogP contribution in [0.15, 0.2) is 78.9 Å². The SMILES string of the molecule is CCC(C(=O)NCc1ccccc1)c1ccc(-c2ccccc2)c(F)c1. The topological polar surface area (TPSA) is 29.1 Å². The molecular formula is C23H22FNO. The van der Waals surface area contributed by atoms with E-state index in [-0.39, 0.29) is 17.6 Å². The highest BCUT2D eigenvalue weighted by Crippen LogP contribution is 2.27. The molecule has 0 aliphatic heterocycles. The van der Waals surface area contributed by atoms with Gasteiger partial charge in [0.1, 0.15) is 5.82 Å². The van der Waals surface area contributed by atoms with E-state index in [1.54, 1.807) is 6.07 Å². The maximum atomic E-state index is 14.6. The summed E-state index contributed by atoms with van der Waals surface area (Å²) in [6.07, 6.45) is 0.616. The zero-order chi connectivity index (χ0) is 18.4. The molecule has 0 saturated heterocycles. The summed E-state index contributed by atoms with van der Waals surface area (Å²) in [7, 11) is 0. The minimum Gasteiger partial charge on any atom is -0.351 e. The van der Waals surface area contributed by atoms with Gasteiger partial charge in [-0.3, -0.25) is 4.79 Å². The molecule has 0 saturated carbocycles. The lowest BCUT2D eigenvalue weighted by Crippen LogP contribution is -2.28. The molecule has 0 aliphatic carbocycles. The number of nitrogens with one attached hydrogen (secondary N) is 1. The first-order chi connectivity index (χ1) is 12.7. The minimum absolute atomic E-state index is 0.0804. The third-order valence-corrected chi connectivity index (χ3v) is 4.51. The quantitative estimate of drug-likeness (QED) is 0.644. The fourth-order valence-electron chi connectivity index (χ4n) is 3.08. The lowest BCUT2D eigenvalue weighted by atomic mass is 9.93. The van der Waals surface area contributed by atoms with Crippen LogP contribution in [0.1, 0.15) is 30.4 Å². The lowest BCUT2D eigenvalue weighted by molar-refractivity contribution is -0.122. The number of hydrogen-bond donors (Lipinski definition) is 1. The van der Waals surface area contributed by atoms with Crippen LogP contribution in [0.25, 0.3) is 11.1 Å². The van der Waals surface area contributed by atoms with E-state index in [0.717, 1.165) is 11.1 Å². The molecule has 0 bridgehead atoms. The van der Waals surface area contributed by atoms with Crippen LogP contribution >= 0.6 is 0 Å². The number of carbonyl (C=O) groups is 1. The number of halogens is 1. The maximum Gasteiger partial charge on any atom is 0.227 e. The number of hydrogen-bond acceptors (Lipinski definition) is 1. The van der Waals surface area contributed by atoms with E-state index < -0.39 is 0 Å². The van der Waals surface area contributed by atoms with Crippen molar-refractivity contribution in [2.45, 2.75) is 25.8 Å². The standard InChI is InChI=1S/C23H22FNO/c1-2-20(23(26)25-16-17-9-5-3-6-10-17)19-13-14-21(22(24)15-19)18-11-7-4-8-12-18/h3-15,20H,2,16H2,1H3,(H,25,26). The van der Waals surface area contributed by atoms with Gasteiger partial charge in [0.2, 0.25) is 5.91 Å². The third kappa shape index (κ3) is 4.17. The van der Waals surface area contributed by atoms with E-state index >= 15 is 0 Å². The van der Waals surface area contributed by atoms with Gasteiger partial charge >= 0.3 is 0 Å². The van der Waals surface area contributed by atoms with Crippen molar-refractivity contribution in [1.82, 2.24) is 5.32 Å². The summed E-state index contributed by atoms with van der Waals surface area (Å²) in [6.45, 7) is 2.41. The largest absolute Gasteiger partial charge is 0.351 e. The number of benzene rings is 3. The summed E-state index contributed by atoms with van der Waals surface area (Å²) >= 11 is 0. The Kier molecular flexibility index (Phi) is 5.80. The molecule has 132 valence electrons. The van der Waals surface area contributed by atoms with Gasteiger partial charge < -0.3 is 5.32 Å². The van der Waals surface area contributed by atoms with Crippen LogP contribution < -0.4 is 5.32 Å². The molecule has 26 heavy (non-hydrogen) atoms. The highest BCUT2D eigenvalue weighted by atomic mass is 19.1. The van der Waals surface area contributed by atoms with Gasteiger partial charge in [-0.1, -0.05) is 79.7 Å². The third-order valence-electron chi connectivity index (χ3n) is 4.51. The van der Waals surface area contributed by atoms with Crippen LogP contribution in [-0.2, 0) is 11.3 Å². The molecule has 3 aromatic carbocycles. The second-order valence-electron chi connectivity index (χ2n) is 6.27. The molecule has 1 amide bonds. The van der Waals surface area contributed by atoms with Gasteiger partial charge in [-0.25, -0.2) is 4.39 Å². The number of rotatable bonds is 6. The fraction of sp³-hybridized carbons (Fsp3) is 0.174. The molecule has 3 aromatic rings. The first-order valence-corrected chi connectivity index (χ1v) is 8.85. The van der Waals surface area contributed by atoms with Gasteiger partial charge in [-0.15, -0.1) is 0 Å². The average Bonchev–Trinajstić information content (AvgIpc) is 2.68. The van der Waals surface area contributed by atoms with Crippen molar-refractivity contribution in [2.24, 2.45) is 0 Å². The van der Waals surface area contributed by atoms with Gasteiger partial charge in [-0.05, 0) is 29.2 Å². The van der Waals surface area contributed by atoms with Crippen molar-refractivity contribution in [3.05, 3.63) is 95.8 Å². The Morgan fingerprint density at radius 1 is 0.962 bits per heavy atom. The summed E-state index contributed by atoms with van der Waals surface area (Å²) in [4.78, 5) is 12.6. The summed E-state index contributed by atoms with van der Waals surface area (Å²) in [5, 5.41) is 2.95. The highest BCUT2D eigenvalue weighted by molar-refractivity contribution is 5.83. The Hall–Kier alpha value is -2.94. The van der Waals surface area contributed by atoms with Gasteiger partial charge in [-0.2, -0.15) is 0 Å². The Morgan fingerprint density at radius 2 is 1.62 bits per heavy atom. The Bertz CT molecular complexity index is 862. The van der Waals surface area contributed by atoms with Crippen LogP contribution in [0.2, 0.25) is 0 Å². The van der Waals surface area contributed by atoms with Crippen LogP contribution in [0.4, 0.5) is 4.39 Å². The summed E-state index contributed by atoms with van der Waals surface area (Å²) in [5.41, 5.74) is 3.13. The van der Waals surface area contributed by atoms with E-state index in [4.69, 9.17) is 0 Å². The second-order valence-corrected chi connectivity index (χ2v) is 6.27. The lowest BCUT2D eigenvalue weighted by Gasteiger charge is -2.16. The smallest absolute Gasteiger partial charge is 0.227 e. The zero-order valence-electron chi connectivity index (χ0n) is 14.8. The minimum atomic E-state index is -0.363. The molecule has 3 rings (SSSR count). The molecular weight excluding hydrogens is 325 g/mol. The molecule has 2 nitrogen and oxygen atoms in total. The molecule has 0 aliphatic rings. The van der Waals surface area contributed by atoms with E-state index in [9.17, 15) is 9.18 Å². The van der Waals surface area contributed by atoms with Gasteiger partial charge in [0.15, 0.2) is 0 Å². The summed E-state index contributed by atoms with van der Waals surface area (Å²) in [5.74, 6) is -0.746. The second kappa shape index (κ2) is 8.43.